The summed E-state index contributed by atoms with van der Waals surface area (Å²) in [5, 5.41) is 3.08. The minimum Gasteiger partial charge on any atom is -0.494 e. The minimum atomic E-state index is -0.266. The number of hydrogen-bond donors (Lipinski definition) is 2. The van der Waals surface area contributed by atoms with Gasteiger partial charge in [0.15, 0.2) is 5.96 Å². The van der Waals surface area contributed by atoms with Crippen molar-refractivity contribution >= 4 is 5.96 Å². The zero-order valence-corrected chi connectivity index (χ0v) is 11.7. The van der Waals surface area contributed by atoms with Crippen LogP contribution in [0, 0.1) is 5.82 Å². The van der Waals surface area contributed by atoms with Crippen LogP contribution in [0.2, 0.25) is 0 Å². The van der Waals surface area contributed by atoms with Gasteiger partial charge in [-0.15, -0.1) is 0 Å². The summed E-state index contributed by atoms with van der Waals surface area (Å²) >= 11 is 0. The van der Waals surface area contributed by atoms with Crippen molar-refractivity contribution in [2.45, 2.75) is 32.7 Å². The van der Waals surface area contributed by atoms with E-state index in [4.69, 9.17) is 10.5 Å². The van der Waals surface area contributed by atoms with E-state index in [-0.39, 0.29) is 11.4 Å². The molecule has 0 unspecified atom stereocenters. The Kier molecular flexibility index (Phi) is 5.60. The first-order chi connectivity index (χ1) is 8.87. The van der Waals surface area contributed by atoms with Crippen molar-refractivity contribution < 1.29 is 9.13 Å². The molecule has 19 heavy (non-hydrogen) atoms. The van der Waals surface area contributed by atoms with Crippen LogP contribution in [0.15, 0.2) is 29.3 Å². The molecule has 0 bridgehead atoms. The molecule has 0 spiro atoms. The zero-order valence-electron chi connectivity index (χ0n) is 11.7. The summed E-state index contributed by atoms with van der Waals surface area (Å²) in [6, 6.07) is 5.96. The fourth-order valence-electron chi connectivity index (χ4n) is 1.41. The Bertz CT molecular complexity index is 410. The number of halogens is 1. The molecule has 1 rings (SSSR count). The highest BCUT2D eigenvalue weighted by molar-refractivity contribution is 5.78. The second-order valence-electron chi connectivity index (χ2n) is 5.30. The second kappa shape index (κ2) is 6.97. The molecule has 0 atom stereocenters. The number of guanidine groups is 1. The standard InChI is InChI=1S/C14H22FN3O/c1-14(2,3)18-13(16)17-9-4-10-19-12-7-5-11(15)6-8-12/h5-8H,4,9-10H2,1-3H3,(H3,16,17,18). The van der Waals surface area contributed by atoms with Gasteiger partial charge < -0.3 is 15.8 Å². The third kappa shape index (κ3) is 7.28. The van der Waals surface area contributed by atoms with Crippen LogP contribution in [0.4, 0.5) is 4.39 Å². The largest absolute Gasteiger partial charge is 0.494 e. The van der Waals surface area contributed by atoms with Gasteiger partial charge in [0, 0.05) is 18.5 Å². The molecule has 106 valence electrons. The number of ether oxygens (including phenoxy) is 1. The van der Waals surface area contributed by atoms with Gasteiger partial charge in [-0.3, -0.25) is 4.99 Å². The molecule has 0 fully saturated rings. The predicted octanol–water partition coefficient (Wildman–Crippen LogP) is 2.30. The molecule has 0 amide bonds. The van der Waals surface area contributed by atoms with Gasteiger partial charge in [-0.25, -0.2) is 4.39 Å². The van der Waals surface area contributed by atoms with E-state index in [1.54, 1.807) is 12.1 Å². The van der Waals surface area contributed by atoms with Gasteiger partial charge in [-0.2, -0.15) is 0 Å². The first-order valence-corrected chi connectivity index (χ1v) is 6.33. The first-order valence-electron chi connectivity index (χ1n) is 6.33. The fraction of sp³-hybridized carbons (Fsp3) is 0.500. The number of nitrogens with one attached hydrogen (secondary N) is 1. The van der Waals surface area contributed by atoms with Gasteiger partial charge in [-0.1, -0.05) is 0 Å². The lowest BCUT2D eigenvalue weighted by Gasteiger charge is -2.20. The maximum Gasteiger partial charge on any atom is 0.188 e. The predicted molar refractivity (Wildman–Crippen MR) is 75.9 cm³/mol. The van der Waals surface area contributed by atoms with Crippen molar-refractivity contribution in [3.05, 3.63) is 30.1 Å². The Balaban J connectivity index is 2.20. The van der Waals surface area contributed by atoms with E-state index in [1.807, 2.05) is 20.8 Å². The number of rotatable bonds is 5. The fourth-order valence-corrected chi connectivity index (χ4v) is 1.41. The van der Waals surface area contributed by atoms with Gasteiger partial charge in [0.1, 0.15) is 11.6 Å². The van der Waals surface area contributed by atoms with Crippen molar-refractivity contribution in [3.8, 4) is 5.75 Å². The monoisotopic (exact) mass is 267 g/mol. The molecule has 4 nitrogen and oxygen atoms in total. The third-order valence-corrected chi connectivity index (χ3v) is 2.17. The molecule has 0 aromatic heterocycles. The molecule has 3 N–H and O–H groups in total. The SMILES string of the molecule is CC(C)(C)NC(N)=NCCCOc1ccc(F)cc1. The van der Waals surface area contributed by atoms with Gasteiger partial charge in [0.2, 0.25) is 0 Å². The topological polar surface area (TPSA) is 59.6 Å². The smallest absolute Gasteiger partial charge is 0.188 e. The van der Waals surface area contributed by atoms with E-state index < -0.39 is 0 Å². The number of nitrogens with two attached hydrogens (primary N) is 1. The molecule has 0 saturated carbocycles. The Morgan fingerprint density at radius 3 is 2.53 bits per heavy atom. The molecule has 1 aromatic rings. The Morgan fingerprint density at radius 2 is 1.95 bits per heavy atom. The van der Waals surface area contributed by atoms with Crippen molar-refractivity contribution in [1.82, 2.24) is 5.32 Å². The summed E-state index contributed by atoms with van der Waals surface area (Å²) in [6.45, 7) is 7.18. The van der Waals surface area contributed by atoms with Crippen LogP contribution in [-0.4, -0.2) is 24.7 Å². The highest BCUT2D eigenvalue weighted by Crippen LogP contribution is 2.11. The molecule has 0 aliphatic heterocycles. The summed E-state index contributed by atoms with van der Waals surface area (Å²) < 4.78 is 18.1. The highest BCUT2D eigenvalue weighted by Gasteiger charge is 2.09. The van der Waals surface area contributed by atoms with E-state index >= 15 is 0 Å². The van der Waals surface area contributed by atoms with Crippen molar-refractivity contribution in [2.75, 3.05) is 13.2 Å². The summed E-state index contributed by atoms with van der Waals surface area (Å²) in [6.07, 6.45) is 0.754. The van der Waals surface area contributed by atoms with Gasteiger partial charge in [0.25, 0.3) is 0 Å². The van der Waals surface area contributed by atoms with Crippen LogP contribution in [-0.2, 0) is 0 Å². The van der Waals surface area contributed by atoms with Gasteiger partial charge in [0.05, 0.1) is 6.61 Å². The van der Waals surface area contributed by atoms with E-state index in [9.17, 15) is 4.39 Å². The quantitative estimate of drug-likeness (QED) is 0.489. The summed E-state index contributed by atoms with van der Waals surface area (Å²) in [7, 11) is 0. The Morgan fingerprint density at radius 1 is 1.32 bits per heavy atom. The van der Waals surface area contributed by atoms with Crippen LogP contribution in [0.1, 0.15) is 27.2 Å². The summed E-state index contributed by atoms with van der Waals surface area (Å²) in [5.74, 6) is 0.832. The van der Waals surface area contributed by atoms with Crippen molar-refractivity contribution in [1.29, 1.82) is 0 Å². The molecular formula is C14H22FN3O. The molecule has 0 aliphatic rings. The van der Waals surface area contributed by atoms with E-state index in [2.05, 4.69) is 10.3 Å². The molecule has 0 aliphatic carbocycles. The number of benzene rings is 1. The molecular weight excluding hydrogens is 245 g/mol. The lowest BCUT2D eigenvalue weighted by Crippen LogP contribution is -2.45. The molecule has 1 aromatic carbocycles. The van der Waals surface area contributed by atoms with Crippen molar-refractivity contribution in [3.63, 3.8) is 0 Å². The molecule has 0 radical (unpaired) electrons. The summed E-state index contributed by atoms with van der Waals surface area (Å²) in [4.78, 5) is 4.20. The van der Waals surface area contributed by atoms with E-state index in [0.717, 1.165) is 6.42 Å². The van der Waals surface area contributed by atoms with Crippen LogP contribution in [0.25, 0.3) is 0 Å². The zero-order chi connectivity index (χ0) is 14.3. The molecule has 0 saturated heterocycles. The van der Waals surface area contributed by atoms with Gasteiger partial charge >= 0.3 is 0 Å². The lowest BCUT2D eigenvalue weighted by atomic mass is 10.1. The summed E-state index contributed by atoms with van der Waals surface area (Å²) in [5.41, 5.74) is 5.64. The van der Waals surface area contributed by atoms with Crippen LogP contribution in [0.5, 0.6) is 5.75 Å². The number of hydrogen-bond acceptors (Lipinski definition) is 2. The third-order valence-electron chi connectivity index (χ3n) is 2.17. The lowest BCUT2D eigenvalue weighted by molar-refractivity contribution is 0.313. The van der Waals surface area contributed by atoms with Gasteiger partial charge in [-0.05, 0) is 45.0 Å². The van der Waals surface area contributed by atoms with Crippen LogP contribution in [0.3, 0.4) is 0 Å². The first kappa shape index (κ1) is 15.3. The maximum atomic E-state index is 12.7. The van der Waals surface area contributed by atoms with Crippen LogP contribution < -0.4 is 15.8 Å². The number of nitrogens with zero attached hydrogens (tertiary/aromatic N) is 1. The molecule has 0 heterocycles. The van der Waals surface area contributed by atoms with Crippen LogP contribution >= 0.6 is 0 Å². The number of aliphatic imine (C=N–C) groups is 1. The Labute approximate surface area is 113 Å². The minimum absolute atomic E-state index is 0.0851. The Hall–Kier alpha value is -1.78. The van der Waals surface area contributed by atoms with E-state index in [1.165, 1.54) is 12.1 Å². The van der Waals surface area contributed by atoms with E-state index in [0.29, 0.717) is 24.9 Å². The normalized spacial score (nSPS) is 12.3. The average Bonchev–Trinajstić information content (AvgIpc) is 2.29. The molecule has 5 heteroatoms. The maximum absolute atomic E-state index is 12.7. The average molecular weight is 267 g/mol. The van der Waals surface area contributed by atoms with Crippen molar-refractivity contribution in [2.24, 2.45) is 10.7 Å². The second-order valence-corrected chi connectivity index (χ2v) is 5.30. The highest BCUT2D eigenvalue weighted by atomic mass is 19.1.